The molecule has 28 heavy (non-hydrogen) atoms. The quantitative estimate of drug-likeness (QED) is 0.799. The first kappa shape index (κ1) is 19.9. The molecule has 1 unspecified atom stereocenters. The van der Waals surface area contributed by atoms with Gasteiger partial charge in [-0.25, -0.2) is 5.06 Å². The van der Waals surface area contributed by atoms with Gasteiger partial charge >= 0.3 is 0 Å². The number of aliphatic hydroxyl groups excluding tert-OH is 1. The van der Waals surface area contributed by atoms with Crippen molar-refractivity contribution in [2.75, 3.05) is 27.4 Å². The van der Waals surface area contributed by atoms with E-state index in [1.165, 1.54) is 4.57 Å². The van der Waals surface area contributed by atoms with E-state index >= 15 is 0 Å². The lowest BCUT2D eigenvalue weighted by Gasteiger charge is -2.16. The summed E-state index contributed by atoms with van der Waals surface area (Å²) in [5, 5.41) is 10.6. The van der Waals surface area contributed by atoms with Crippen molar-refractivity contribution in [2.45, 2.75) is 26.0 Å². The van der Waals surface area contributed by atoms with Gasteiger partial charge in [0, 0.05) is 12.7 Å². The van der Waals surface area contributed by atoms with Crippen LogP contribution in [0.1, 0.15) is 21.5 Å². The molecule has 0 spiro atoms. The smallest absolute Gasteiger partial charge is 0.283 e. The molecule has 1 aliphatic heterocycles. The predicted octanol–water partition coefficient (Wildman–Crippen LogP) is 1.16. The Balaban J connectivity index is 1.80. The second-order valence-electron chi connectivity index (χ2n) is 6.63. The standard InChI is InChI=1S/C20H24N2O6/c1-13-6-8-21(9-7-14-4-5-16(26-2)17(10-14)27-3)19(24)18(13)20(25)22-11-15(23)12-28-22/h4-6,8,10,15,23H,7,9,11-12H2,1-3H3. The maximum atomic E-state index is 12.9. The number of aliphatic hydroxyl groups is 1. The molecule has 1 fully saturated rings. The number of rotatable bonds is 6. The first-order valence-corrected chi connectivity index (χ1v) is 8.98. The van der Waals surface area contributed by atoms with Gasteiger partial charge in [-0.1, -0.05) is 6.07 Å². The van der Waals surface area contributed by atoms with Gasteiger partial charge in [0.2, 0.25) is 0 Å². The molecule has 1 atom stereocenters. The van der Waals surface area contributed by atoms with Crippen LogP contribution in [0, 0.1) is 6.92 Å². The fourth-order valence-corrected chi connectivity index (χ4v) is 3.13. The Hall–Kier alpha value is -2.84. The van der Waals surface area contributed by atoms with Gasteiger partial charge in [-0.3, -0.25) is 14.4 Å². The lowest BCUT2D eigenvalue weighted by molar-refractivity contribution is -0.0781. The number of benzene rings is 1. The highest BCUT2D eigenvalue weighted by Crippen LogP contribution is 2.27. The average molecular weight is 388 g/mol. The minimum atomic E-state index is -0.736. The number of nitrogens with zero attached hydrogens (tertiary/aromatic N) is 2. The fourth-order valence-electron chi connectivity index (χ4n) is 3.13. The van der Waals surface area contributed by atoms with Crippen molar-refractivity contribution in [1.29, 1.82) is 0 Å². The molecule has 8 nitrogen and oxygen atoms in total. The summed E-state index contributed by atoms with van der Waals surface area (Å²) in [4.78, 5) is 30.7. The van der Waals surface area contributed by atoms with Gasteiger partial charge in [0.1, 0.15) is 18.3 Å². The van der Waals surface area contributed by atoms with E-state index in [0.717, 1.165) is 10.6 Å². The van der Waals surface area contributed by atoms with E-state index in [2.05, 4.69) is 0 Å². The fraction of sp³-hybridized carbons (Fsp3) is 0.400. The summed E-state index contributed by atoms with van der Waals surface area (Å²) in [7, 11) is 3.15. The van der Waals surface area contributed by atoms with E-state index in [9.17, 15) is 14.7 Å². The molecule has 0 bridgehead atoms. The summed E-state index contributed by atoms with van der Waals surface area (Å²) in [6.45, 7) is 2.21. The largest absolute Gasteiger partial charge is 0.493 e. The van der Waals surface area contributed by atoms with Crippen molar-refractivity contribution < 1.29 is 24.2 Å². The van der Waals surface area contributed by atoms with Crippen LogP contribution in [0.15, 0.2) is 35.3 Å². The average Bonchev–Trinajstić information content (AvgIpc) is 3.13. The minimum absolute atomic E-state index is 0.0467. The molecule has 0 aliphatic carbocycles. The molecule has 2 aromatic rings. The zero-order valence-corrected chi connectivity index (χ0v) is 16.2. The molecule has 0 saturated carbocycles. The zero-order valence-electron chi connectivity index (χ0n) is 16.2. The first-order valence-electron chi connectivity index (χ1n) is 8.98. The Morgan fingerprint density at radius 3 is 2.64 bits per heavy atom. The summed E-state index contributed by atoms with van der Waals surface area (Å²) >= 11 is 0. The van der Waals surface area contributed by atoms with Crippen LogP contribution in [0.4, 0.5) is 0 Å². The molecule has 1 aromatic heterocycles. The van der Waals surface area contributed by atoms with Crippen LogP contribution in [0.5, 0.6) is 11.5 Å². The van der Waals surface area contributed by atoms with Gasteiger partial charge in [-0.05, 0) is 42.7 Å². The Morgan fingerprint density at radius 2 is 2.00 bits per heavy atom. The maximum absolute atomic E-state index is 12.9. The number of aromatic nitrogens is 1. The number of carbonyl (C=O) groups is 1. The molecule has 0 radical (unpaired) electrons. The Morgan fingerprint density at radius 1 is 1.25 bits per heavy atom. The Kier molecular flexibility index (Phi) is 6.01. The minimum Gasteiger partial charge on any atom is -0.493 e. The van der Waals surface area contributed by atoms with Crippen molar-refractivity contribution in [3.63, 3.8) is 0 Å². The number of hydrogen-bond acceptors (Lipinski definition) is 6. The van der Waals surface area contributed by atoms with Crippen LogP contribution >= 0.6 is 0 Å². The summed E-state index contributed by atoms with van der Waals surface area (Å²) in [5.74, 6) is 0.732. The highest BCUT2D eigenvalue weighted by atomic mass is 16.7. The normalized spacial score (nSPS) is 16.3. The molecule has 1 amide bonds. The van der Waals surface area contributed by atoms with Gasteiger partial charge in [-0.15, -0.1) is 0 Å². The van der Waals surface area contributed by atoms with Gasteiger partial charge in [-0.2, -0.15) is 0 Å². The van der Waals surface area contributed by atoms with Crippen LogP contribution < -0.4 is 15.0 Å². The molecule has 1 saturated heterocycles. The number of methoxy groups -OCH3 is 2. The highest BCUT2D eigenvalue weighted by molar-refractivity contribution is 5.94. The molecular formula is C20H24N2O6. The molecule has 3 rings (SSSR count). The molecule has 1 N–H and O–H groups in total. The van der Waals surface area contributed by atoms with Crippen LogP contribution in [0.25, 0.3) is 0 Å². The molecule has 8 heteroatoms. The second-order valence-corrected chi connectivity index (χ2v) is 6.63. The van der Waals surface area contributed by atoms with Gasteiger partial charge in [0.25, 0.3) is 11.5 Å². The van der Waals surface area contributed by atoms with E-state index in [0.29, 0.717) is 30.0 Å². The lowest BCUT2D eigenvalue weighted by atomic mass is 10.1. The van der Waals surface area contributed by atoms with Crippen molar-refractivity contribution in [1.82, 2.24) is 9.63 Å². The van der Waals surface area contributed by atoms with Crippen molar-refractivity contribution >= 4 is 5.91 Å². The molecule has 150 valence electrons. The van der Waals surface area contributed by atoms with Gasteiger partial charge in [0.05, 0.1) is 20.8 Å². The zero-order chi connectivity index (χ0) is 20.3. The number of hydroxylamine groups is 2. The van der Waals surface area contributed by atoms with Crippen molar-refractivity contribution in [3.8, 4) is 11.5 Å². The third-order valence-electron chi connectivity index (χ3n) is 4.70. The number of pyridine rings is 1. The number of β-amino-alcohol motifs (C(OH)–C–C–N with tert-alkyl or cyclic N) is 1. The Bertz CT molecular complexity index is 923. The summed E-state index contributed by atoms with van der Waals surface area (Å²) < 4.78 is 12.0. The summed E-state index contributed by atoms with van der Waals surface area (Å²) in [5.41, 5.74) is 1.23. The van der Waals surface area contributed by atoms with E-state index in [-0.39, 0.29) is 24.3 Å². The van der Waals surface area contributed by atoms with Crippen molar-refractivity contribution in [3.05, 3.63) is 57.5 Å². The number of ether oxygens (including phenoxy) is 2. The summed E-state index contributed by atoms with van der Waals surface area (Å²) in [6, 6.07) is 7.32. The van der Waals surface area contributed by atoms with Crippen molar-refractivity contribution in [2.24, 2.45) is 0 Å². The summed E-state index contributed by atoms with van der Waals surface area (Å²) in [6.07, 6.45) is 1.52. The van der Waals surface area contributed by atoms with Crippen LogP contribution in [-0.4, -0.2) is 54.1 Å². The Labute approximate surface area is 162 Å². The SMILES string of the molecule is COc1ccc(CCn2ccc(C)c(C(=O)N3CC(O)CO3)c2=O)cc1OC. The monoisotopic (exact) mass is 388 g/mol. The third kappa shape index (κ3) is 4.02. The van der Waals surface area contributed by atoms with Crippen LogP contribution in [-0.2, 0) is 17.8 Å². The molecule has 1 aromatic carbocycles. The van der Waals surface area contributed by atoms with E-state index in [1.54, 1.807) is 33.4 Å². The highest BCUT2D eigenvalue weighted by Gasteiger charge is 2.29. The third-order valence-corrected chi connectivity index (χ3v) is 4.70. The van der Waals surface area contributed by atoms with E-state index < -0.39 is 12.0 Å². The topological polar surface area (TPSA) is 90.2 Å². The molecular weight excluding hydrogens is 364 g/mol. The van der Waals surface area contributed by atoms with E-state index in [1.807, 2.05) is 18.2 Å². The molecule has 1 aliphatic rings. The predicted molar refractivity (Wildman–Crippen MR) is 102 cm³/mol. The number of aryl methyl sites for hydroxylation is 3. The van der Waals surface area contributed by atoms with Crippen LogP contribution in [0.3, 0.4) is 0 Å². The van der Waals surface area contributed by atoms with Crippen LogP contribution in [0.2, 0.25) is 0 Å². The van der Waals surface area contributed by atoms with Gasteiger partial charge < -0.3 is 19.1 Å². The number of carbonyl (C=O) groups excluding carboxylic acids is 1. The lowest BCUT2D eigenvalue weighted by Crippen LogP contribution is -2.36. The molecule has 2 heterocycles. The van der Waals surface area contributed by atoms with E-state index in [4.69, 9.17) is 14.3 Å². The first-order chi connectivity index (χ1) is 13.4. The maximum Gasteiger partial charge on any atom is 0.283 e. The second kappa shape index (κ2) is 8.45. The number of hydrogen-bond donors (Lipinski definition) is 1. The van der Waals surface area contributed by atoms with Gasteiger partial charge in [0.15, 0.2) is 11.5 Å². The number of amides is 1.